The first kappa shape index (κ1) is 17.9. The van der Waals surface area contributed by atoms with Crippen LogP contribution in [-0.2, 0) is 9.59 Å². The number of benzene rings is 2. The summed E-state index contributed by atoms with van der Waals surface area (Å²) in [6.45, 7) is 0. The molecule has 3 heteroatoms. The van der Waals surface area contributed by atoms with E-state index in [1.165, 1.54) is 33.4 Å². The summed E-state index contributed by atoms with van der Waals surface area (Å²) in [6.07, 6.45) is 7.70. The van der Waals surface area contributed by atoms with E-state index < -0.39 is 0 Å². The van der Waals surface area contributed by atoms with Gasteiger partial charge in [0.1, 0.15) is 0 Å². The number of hydrogen-bond acceptors (Lipinski definition) is 2. The Bertz CT molecular complexity index is 975. The van der Waals surface area contributed by atoms with Gasteiger partial charge in [0.15, 0.2) is 0 Å². The highest BCUT2D eigenvalue weighted by molar-refractivity contribution is 6.05. The fraction of sp³-hybridized carbons (Fsp3) is 0.231. The van der Waals surface area contributed by atoms with Crippen LogP contribution < -0.4 is 5.32 Å². The number of carbonyl (C=O) groups excluding carboxylic acids is 2. The smallest absolute Gasteiger partial charge is 0.230 e. The van der Waals surface area contributed by atoms with Crippen LogP contribution in [0.25, 0.3) is 11.1 Å². The summed E-state index contributed by atoms with van der Waals surface area (Å²) < 4.78 is 0. The molecule has 0 spiro atoms. The van der Waals surface area contributed by atoms with E-state index >= 15 is 0 Å². The van der Waals surface area contributed by atoms with Gasteiger partial charge in [-0.15, -0.1) is 0 Å². The average Bonchev–Trinajstić information content (AvgIpc) is 3.02. The molecule has 3 aliphatic rings. The molecule has 0 saturated carbocycles. The van der Waals surface area contributed by atoms with Crippen LogP contribution in [0.1, 0.15) is 36.8 Å². The third-order valence-corrected chi connectivity index (χ3v) is 6.35. The van der Waals surface area contributed by atoms with Gasteiger partial charge in [-0.2, -0.15) is 0 Å². The van der Waals surface area contributed by atoms with E-state index in [1.54, 1.807) is 0 Å². The lowest BCUT2D eigenvalue weighted by molar-refractivity contribution is -0.126. The Morgan fingerprint density at radius 3 is 1.45 bits per heavy atom. The summed E-state index contributed by atoms with van der Waals surface area (Å²) in [7, 11) is 0. The van der Waals surface area contributed by atoms with E-state index in [9.17, 15) is 9.59 Å². The minimum Gasteiger partial charge on any atom is -0.296 e. The Kier molecular flexibility index (Phi) is 4.51. The second-order valence-corrected chi connectivity index (χ2v) is 8.10. The Morgan fingerprint density at radius 1 is 0.621 bits per heavy atom. The molecular formula is C26H23NO2. The number of imide groups is 1. The maximum atomic E-state index is 12.3. The van der Waals surface area contributed by atoms with Crippen LogP contribution in [-0.4, -0.2) is 11.8 Å². The first-order chi connectivity index (χ1) is 14.2. The molecule has 0 radical (unpaired) electrons. The second-order valence-electron chi connectivity index (χ2n) is 8.10. The van der Waals surface area contributed by atoms with Gasteiger partial charge in [-0.05, 0) is 59.1 Å². The van der Waals surface area contributed by atoms with Gasteiger partial charge in [0.05, 0.1) is 11.8 Å². The molecule has 144 valence electrons. The van der Waals surface area contributed by atoms with Gasteiger partial charge in [0, 0.05) is 0 Å². The maximum Gasteiger partial charge on any atom is 0.230 e. The fourth-order valence-electron chi connectivity index (χ4n) is 4.78. The molecule has 2 unspecified atom stereocenters. The zero-order valence-electron chi connectivity index (χ0n) is 16.2. The van der Waals surface area contributed by atoms with Crippen LogP contribution in [0.3, 0.4) is 0 Å². The maximum absolute atomic E-state index is 12.3. The van der Waals surface area contributed by atoms with E-state index in [4.69, 9.17) is 0 Å². The molecule has 0 bridgehead atoms. The molecule has 2 atom stereocenters. The number of rotatable bonds is 2. The highest BCUT2D eigenvalue weighted by Gasteiger charge is 2.44. The summed E-state index contributed by atoms with van der Waals surface area (Å²) in [5.74, 6) is -0.698. The third kappa shape index (κ3) is 3.38. The first-order valence-electron chi connectivity index (χ1n) is 10.3. The van der Waals surface area contributed by atoms with Crippen molar-refractivity contribution in [2.24, 2.45) is 11.8 Å². The molecule has 0 aromatic heterocycles. The van der Waals surface area contributed by atoms with E-state index in [2.05, 4.69) is 66.0 Å². The quantitative estimate of drug-likeness (QED) is 0.750. The lowest BCUT2D eigenvalue weighted by atomic mass is 9.74. The highest BCUT2D eigenvalue weighted by atomic mass is 16.2. The predicted octanol–water partition coefficient (Wildman–Crippen LogP) is 4.93. The molecule has 1 aliphatic heterocycles. The van der Waals surface area contributed by atoms with Crippen LogP contribution >= 0.6 is 0 Å². The van der Waals surface area contributed by atoms with Gasteiger partial charge in [0.25, 0.3) is 0 Å². The molecule has 29 heavy (non-hydrogen) atoms. The zero-order chi connectivity index (χ0) is 19.8. The van der Waals surface area contributed by atoms with E-state index in [0.29, 0.717) is 12.8 Å². The lowest BCUT2D eigenvalue weighted by Gasteiger charge is -2.27. The normalized spacial score (nSPS) is 27.6. The predicted molar refractivity (Wildman–Crippen MR) is 114 cm³/mol. The second kappa shape index (κ2) is 7.32. The Hall–Kier alpha value is -3.20. The van der Waals surface area contributed by atoms with Gasteiger partial charge in [0.2, 0.25) is 11.8 Å². The SMILES string of the molecule is O=C1NC(=O)C2CC3=C(/C=C(/c4ccccc4)CC/C(c4ccccc4)=C\3)CC12. The van der Waals surface area contributed by atoms with Crippen molar-refractivity contribution in [3.05, 3.63) is 95.1 Å². The van der Waals surface area contributed by atoms with E-state index in [1.807, 2.05) is 12.1 Å². The minimum atomic E-state index is -0.234. The molecule has 5 rings (SSSR count). The van der Waals surface area contributed by atoms with Gasteiger partial charge < -0.3 is 0 Å². The zero-order valence-corrected chi connectivity index (χ0v) is 16.2. The van der Waals surface area contributed by atoms with Crippen molar-refractivity contribution in [3.63, 3.8) is 0 Å². The molecule has 2 amide bonds. The third-order valence-electron chi connectivity index (χ3n) is 6.35. The lowest BCUT2D eigenvalue weighted by Crippen LogP contribution is -2.23. The van der Waals surface area contributed by atoms with Crippen LogP contribution in [0.5, 0.6) is 0 Å². The average molecular weight is 381 g/mol. The summed E-state index contributed by atoms with van der Waals surface area (Å²) in [6, 6.07) is 20.9. The molecule has 2 aromatic rings. The molecular weight excluding hydrogens is 358 g/mol. The molecule has 1 heterocycles. The van der Waals surface area contributed by atoms with Crippen molar-refractivity contribution < 1.29 is 9.59 Å². The molecule has 2 aromatic carbocycles. The van der Waals surface area contributed by atoms with Crippen molar-refractivity contribution in [2.75, 3.05) is 0 Å². The summed E-state index contributed by atoms with van der Waals surface area (Å²) in [5.41, 5.74) is 7.43. The minimum absolute atomic E-state index is 0.115. The van der Waals surface area contributed by atoms with Crippen molar-refractivity contribution in [2.45, 2.75) is 25.7 Å². The van der Waals surface area contributed by atoms with Crippen LogP contribution in [0.2, 0.25) is 0 Å². The Labute approximate surface area is 170 Å². The number of hydrogen-bond donors (Lipinski definition) is 1. The topological polar surface area (TPSA) is 46.2 Å². The number of amides is 2. The molecule has 1 N–H and O–H groups in total. The van der Waals surface area contributed by atoms with E-state index in [0.717, 1.165) is 12.8 Å². The standard InChI is InChI=1S/C26H23NO2/c28-25-23-15-21-13-19(17-7-3-1-4-8-17)11-12-20(18-9-5-2-6-10-18)14-22(21)16-24(23)26(29)27-25/h1-10,13-14,23-24H,11-12,15-16H2,(H,27,28,29)/b19-13+,20-14+. The van der Waals surface area contributed by atoms with Gasteiger partial charge in [-0.3, -0.25) is 14.9 Å². The van der Waals surface area contributed by atoms with Gasteiger partial charge >= 0.3 is 0 Å². The highest BCUT2D eigenvalue weighted by Crippen LogP contribution is 2.42. The number of allylic oxidation sites excluding steroid dienone is 6. The Balaban J connectivity index is 1.62. The molecule has 3 nitrogen and oxygen atoms in total. The molecule has 1 saturated heterocycles. The number of fused-ring (bicyclic) bond motifs is 1. The number of nitrogens with one attached hydrogen (secondary N) is 1. The summed E-state index contributed by atoms with van der Waals surface area (Å²) in [4.78, 5) is 24.6. The van der Waals surface area contributed by atoms with Gasteiger partial charge in [-0.1, -0.05) is 72.8 Å². The van der Waals surface area contributed by atoms with E-state index in [-0.39, 0.29) is 23.7 Å². The van der Waals surface area contributed by atoms with Crippen molar-refractivity contribution in [1.29, 1.82) is 0 Å². The van der Waals surface area contributed by atoms with Gasteiger partial charge in [-0.25, -0.2) is 0 Å². The van der Waals surface area contributed by atoms with Crippen molar-refractivity contribution in [3.8, 4) is 0 Å². The largest absolute Gasteiger partial charge is 0.296 e. The number of carbonyl (C=O) groups is 2. The Morgan fingerprint density at radius 2 is 1.03 bits per heavy atom. The summed E-state index contributed by atoms with van der Waals surface area (Å²) in [5, 5.41) is 2.54. The van der Waals surface area contributed by atoms with Crippen molar-refractivity contribution in [1.82, 2.24) is 5.32 Å². The molecule has 1 fully saturated rings. The monoisotopic (exact) mass is 381 g/mol. The van der Waals surface area contributed by atoms with Crippen LogP contribution in [0.4, 0.5) is 0 Å². The first-order valence-corrected chi connectivity index (χ1v) is 10.3. The summed E-state index contributed by atoms with van der Waals surface area (Å²) >= 11 is 0. The van der Waals surface area contributed by atoms with Crippen LogP contribution in [0, 0.1) is 11.8 Å². The fourth-order valence-corrected chi connectivity index (χ4v) is 4.78. The molecule has 2 aliphatic carbocycles. The van der Waals surface area contributed by atoms with Crippen molar-refractivity contribution >= 4 is 23.0 Å². The van der Waals surface area contributed by atoms with Crippen LogP contribution in [0.15, 0.2) is 84.0 Å².